The van der Waals surface area contributed by atoms with Crippen LogP contribution in [0.25, 0.3) is 0 Å². The molecule has 1 saturated carbocycles. The Labute approximate surface area is 94.6 Å². The van der Waals surface area contributed by atoms with Gasteiger partial charge in [0.1, 0.15) is 11.4 Å². The molecule has 86 valence electrons. The van der Waals surface area contributed by atoms with Crippen LogP contribution in [0.2, 0.25) is 0 Å². The Balaban J connectivity index is 1.87. The zero-order valence-corrected chi connectivity index (χ0v) is 9.27. The Hall–Kier alpha value is -1.78. The first-order valence-electron chi connectivity index (χ1n) is 5.39. The van der Waals surface area contributed by atoms with E-state index in [0.29, 0.717) is 18.3 Å². The number of aliphatic imine (C=N–C) groups is 1. The van der Waals surface area contributed by atoms with Crippen LogP contribution in [0.4, 0.5) is 0 Å². The van der Waals surface area contributed by atoms with Crippen LogP contribution in [0.15, 0.2) is 23.3 Å². The van der Waals surface area contributed by atoms with Crippen LogP contribution in [0.5, 0.6) is 5.75 Å². The number of hydrogen-bond acceptors (Lipinski definition) is 3. The SMILES string of the molecule is CN=C(NCc1ncccc1O)NC1CC1. The van der Waals surface area contributed by atoms with Crippen molar-refractivity contribution in [3.63, 3.8) is 0 Å². The second kappa shape index (κ2) is 4.83. The van der Waals surface area contributed by atoms with Crippen LogP contribution < -0.4 is 10.6 Å². The van der Waals surface area contributed by atoms with Crippen molar-refractivity contribution in [2.24, 2.45) is 4.99 Å². The normalized spacial score (nSPS) is 15.9. The summed E-state index contributed by atoms with van der Waals surface area (Å²) in [6.07, 6.45) is 4.07. The molecule has 0 bridgehead atoms. The van der Waals surface area contributed by atoms with Gasteiger partial charge in [-0.25, -0.2) is 0 Å². The number of aromatic hydroxyl groups is 1. The largest absolute Gasteiger partial charge is 0.506 e. The highest BCUT2D eigenvalue weighted by Gasteiger charge is 2.22. The van der Waals surface area contributed by atoms with Gasteiger partial charge in [0.2, 0.25) is 0 Å². The van der Waals surface area contributed by atoms with Gasteiger partial charge in [0, 0.05) is 19.3 Å². The van der Waals surface area contributed by atoms with E-state index in [1.165, 1.54) is 12.8 Å². The fourth-order valence-electron chi connectivity index (χ4n) is 1.35. The van der Waals surface area contributed by atoms with Crippen molar-refractivity contribution < 1.29 is 5.11 Å². The van der Waals surface area contributed by atoms with Crippen LogP contribution >= 0.6 is 0 Å². The smallest absolute Gasteiger partial charge is 0.191 e. The molecule has 0 unspecified atom stereocenters. The molecule has 1 aromatic heterocycles. The van der Waals surface area contributed by atoms with E-state index in [-0.39, 0.29) is 5.75 Å². The minimum atomic E-state index is 0.205. The number of nitrogens with zero attached hydrogens (tertiary/aromatic N) is 2. The van der Waals surface area contributed by atoms with E-state index in [0.717, 1.165) is 5.96 Å². The van der Waals surface area contributed by atoms with Crippen LogP contribution in [-0.4, -0.2) is 29.1 Å². The molecule has 16 heavy (non-hydrogen) atoms. The van der Waals surface area contributed by atoms with Gasteiger partial charge in [-0.2, -0.15) is 0 Å². The standard InChI is InChI=1S/C11H16N4O/c1-12-11(15-8-4-5-8)14-7-9-10(16)3-2-6-13-9/h2-3,6,8,16H,4-5,7H2,1H3,(H2,12,14,15). The van der Waals surface area contributed by atoms with E-state index in [1.54, 1.807) is 25.4 Å². The molecule has 3 N–H and O–H groups in total. The summed E-state index contributed by atoms with van der Waals surface area (Å²) >= 11 is 0. The highest BCUT2D eigenvalue weighted by Crippen LogP contribution is 2.18. The van der Waals surface area contributed by atoms with Crippen molar-refractivity contribution >= 4 is 5.96 Å². The molecule has 0 amide bonds. The lowest BCUT2D eigenvalue weighted by atomic mass is 10.3. The van der Waals surface area contributed by atoms with Gasteiger partial charge < -0.3 is 15.7 Å². The molecule has 0 spiro atoms. The van der Waals surface area contributed by atoms with E-state index < -0.39 is 0 Å². The third kappa shape index (κ3) is 2.85. The summed E-state index contributed by atoms with van der Waals surface area (Å²) in [6, 6.07) is 3.89. The lowest BCUT2D eigenvalue weighted by Gasteiger charge is -2.11. The molecular weight excluding hydrogens is 204 g/mol. The third-order valence-electron chi connectivity index (χ3n) is 2.43. The fraction of sp³-hybridized carbons (Fsp3) is 0.455. The van der Waals surface area contributed by atoms with E-state index in [1.807, 2.05) is 0 Å². The van der Waals surface area contributed by atoms with Gasteiger partial charge in [0.25, 0.3) is 0 Å². The van der Waals surface area contributed by atoms with Crippen molar-refractivity contribution in [3.8, 4) is 5.75 Å². The van der Waals surface area contributed by atoms with E-state index in [9.17, 15) is 5.11 Å². The second-order valence-corrected chi connectivity index (χ2v) is 3.81. The van der Waals surface area contributed by atoms with E-state index >= 15 is 0 Å². The predicted octanol–water partition coefficient (Wildman–Crippen LogP) is 0.615. The van der Waals surface area contributed by atoms with Crippen molar-refractivity contribution in [2.45, 2.75) is 25.4 Å². The zero-order chi connectivity index (χ0) is 11.4. The van der Waals surface area contributed by atoms with Crippen molar-refractivity contribution in [1.82, 2.24) is 15.6 Å². The molecule has 1 aliphatic rings. The molecule has 5 heteroatoms. The fourth-order valence-corrected chi connectivity index (χ4v) is 1.35. The summed E-state index contributed by atoms with van der Waals surface area (Å²) in [5.41, 5.74) is 0.626. The summed E-state index contributed by atoms with van der Waals surface area (Å²) < 4.78 is 0. The Morgan fingerprint density at radius 2 is 2.44 bits per heavy atom. The summed E-state index contributed by atoms with van der Waals surface area (Å²) in [6.45, 7) is 0.471. The maximum absolute atomic E-state index is 9.53. The number of guanidine groups is 1. The van der Waals surface area contributed by atoms with Crippen LogP contribution in [0.1, 0.15) is 18.5 Å². The molecule has 2 rings (SSSR count). The Morgan fingerprint density at radius 1 is 1.62 bits per heavy atom. The van der Waals surface area contributed by atoms with Gasteiger partial charge in [0.05, 0.1) is 6.54 Å². The average molecular weight is 220 g/mol. The molecule has 0 aromatic carbocycles. The van der Waals surface area contributed by atoms with Gasteiger partial charge in [0.15, 0.2) is 5.96 Å². The topological polar surface area (TPSA) is 69.5 Å². The lowest BCUT2D eigenvalue weighted by Crippen LogP contribution is -2.38. The summed E-state index contributed by atoms with van der Waals surface area (Å²) in [7, 11) is 1.73. The molecule has 0 aliphatic heterocycles. The number of hydrogen-bond donors (Lipinski definition) is 3. The molecule has 5 nitrogen and oxygen atoms in total. The molecule has 0 radical (unpaired) electrons. The van der Waals surface area contributed by atoms with Gasteiger partial charge in [-0.3, -0.25) is 9.98 Å². The quantitative estimate of drug-likeness (QED) is 0.516. The molecule has 0 atom stereocenters. The first-order valence-corrected chi connectivity index (χ1v) is 5.39. The highest BCUT2D eigenvalue weighted by atomic mass is 16.3. The molecule has 1 aliphatic carbocycles. The molecular formula is C11H16N4O. The summed E-state index contributed by atoms with van der Waals surface area (Å²) in [5.74, 6) is 0.962. The van der Waals surface area contributed by atoms with Gasteiger partial charge in [-0.1, -0.05) is 0 Å². The number of aromatic nitrogens is 1. The first kappa shape index (κ1) is 10.7. The number of nitrogens with one attached hydrogen (secondary N) is 2. The van der Waals surface area contributed by atoms with Crippen molar-refractivity contribution in [3.05, 3.63) is 24.0 Å². The van der Waals surface area contributed by atoms with Crippen LogP contribution in [-0.2, 0) is 6.54 Å². The van der Waals surface area contributed by atoms with Crippen molar-refractivity contribution in [2.75, 3.05) is 7.05 Å². The average Bonchev–Trinajstić information content (AvgIpc) is 3.10. The van der Waals surface area contributed by atoms with Gasteiger partial charge in [-0.15, -0.1) is 0 Å². The summed E-state index contributed by atoms with van der Waals surface area (Å²) in [4.78, 5) is 8.18. The van der Waals surface area contributed by atoms with E-state index in [2.05, 4.69) is 20.6 Å². The van der Waals surface area contributed by atoms with Crippen LogP contribution in [0, 0.1) is 0 Å². The maximum atomic E-state index is 9.53. The summed E-state index contributed by atoms with van der Waals surface area (Å²) in [5, 5.41) is 15.9. The van der Waals surface area contributed by atoms with Gasteiger partial charge in [-0.05, 0) is 25.0 Å². The second-order valence-electron chi connectivity index (χ2n) is 3.81. The molecule has 1 heterocycles. The Bertz CT molecular complexity index is 387. The Kier molecular flexibility index (Phi) is 3.24. The maximum Gasteiger partial charge on any atom is 0.191 e. The van der Waals surface area contributed by atoms with Crippen LogP contribution in [0.3, 0.4) is 0 Å². The minimum Gasteiger partial charge on any atom is -0.506 e. The predicted molar refractivity (Wildman–Crippen MR) is 62.3 cm³/mol. The number of rotatable bonds is 3. The first-order chi connectivity index (χ1) is 7.79. The monoisotopic (exact) mass is 220 g/mol. The van der Waals surface area contributed by atoms with Gasteiger partial charge >= 0.3 is 0 Å². The molecule has 0 saturated heterocycles. The Morgan fingerprint density at radius 3 is 3.06 bits per heavy atom. The van der Waals surface area contributed by atoms with Crippen molar-refractivity contribution in [1.29, 1.82) is 0 Å². The third-order valence-corrected chi connectivity index (χ3v) is 2.43. The molecule has 1 aromatic rings. The zero-order valence-electron chi connectivity index (χ0n) is 9.27. The highest BCUT2D eigenvalue weighted by molar-refractivity contribution is 5.80. The lowest BCUT2D eigenvalue weighted by molar-refractivity contribution is 0.462. The molecule has 1 fully saturated rings. The number of pyridine rings is 1. The minimum absolute atomic E-state index is 0.205. The van der Waals surface area contributed by atoms with E-state index in [4.69, 9.17) is 0 Å².